The monoisotopic (exact) mass is 220 g/mol. The van der Waals surface area contributed by atoms with E-state index in [9.17, 15) is 4.39 Å². The molecule has 1 unspecified atom stereocenters. The fraction of sp³-hybridized carbons (Fsp3) is 1.00. The molecular weight excluding hydrogens is 191 g/mol. The van der Waals surface area contributed by atoms with Gasteiger partial charge in [0.15, 0.2) is 0 Å². The van der Waals surface area contributed by atoms with Gasteiger partial charge in [-0.1, -0.05) is 47.5 Å². The average Bonchev–Trinajstić information content (AvgIpc) is 2.20. The third-order valence-corrected chi connectivity index (χ3v) is 2.95. The van der Waals surface area contributed by atoms with Crippen LogP contribution in [0.2, 0.25) is 0 Å². The molecule has 0 saturated carbocycles. The Hall–Kier alpha value is -0.110. The van der Waals surface area contributed by atoms with Crippen LogP contribution in [0.15, 0.2) is 0 Å². The lowest BCUT2D eigenvalue weighted by atomic mass is 9.76. The number of halogens is 1. The van der Waals surface area contributed by atoms with E-state index in [1.165, 1.54) is 0 Å². The molecule has 0 aliphatic rings. The van der Waals surface area contributed by atoms with Crippen molar-refractivity contribution in [2.75, 3.05) is 13.7 Å². The summed E-state index contributed by atoms with van der Waals surface area (Å²) in [6.45, 7) is 12.2. The molecule has 0 aliphatic heterocycles. The van der Waals surface area contributed by atoms with Gasteiger partial charge in [-0.2, -0.15) is 0 Å². The van der Waals surface area contributed by atoms with Crippen molar-refractivity contribution in [3.63, 3.8) is 0 Å². The molecule has 0 heterocycles. The molecule has 0 rings (SSSR count). The molecular formula is C13H29FO. The normalized spacial score (nSPS) is 15.2. The van der Waals surface area contributed by atoms with E-state index in [0.717, 1.165) is 12.8 Å². The smallest absolute Gasteiger partial charge is 0.131 e. The molecule has 15 heavy (non-hydrogen) atoms. The van der Waals surface area contributed by atoms with Crippen LogP contribution in [0, 0.1) is 5.41 Å². The van der Waals surface area contributed by atoms with Crippen LogP contribution in [-0.4, -0.2) is 19.4 Å². The Morgan fingerprint density at radius 2 is 1.47 bits per heavy atom. The first kappa shape index (κ1) is 17.3. The van der Waals surface area contributed by atoms with Gasteiger partial charge in [-0.05, 0) is 18.8 Å². The molecule has 0 aromatic rings. The van der Waals surface area contributed by atoms with Gasteiger partial charge >= 0.3 is 0 Å². The van der Waals surface area contributed by atoms with Gasteiger partial charge in [0.25, 0.3) is 0 Å². The van der Waals surface area contributed by atoms with E-state index in [0.29, 0.717) is 6.42 Å². The predicted molar refractivity (Wildman–Crippen MR) is 66.0 cm³/mol. The lowest BCUT2D eigenvalue weighted by molar-refractivity contribution is 0.0147. The highest BCUT2D eigenvalue weighted by Gasteiger charge is 2.33. The summed E-state index contributed by atoms with van der Waals surface area (Å²) >= 11 is 0. The second-order valence-corrected chi connectivity index (χ2v) is 4.54. The molecule has 0 radical (unpaired) electrons. The fourth-order valence-corrected chi connectivity index (χ4v) is 1.74. The summed E-state index contributed by atoms with van der Waals surface area (Å²) in [7, 11) is 1.55. The zero-order valence-electron chi connectivity index (χ0n) is 11.6. The number of hydrogen-bond acceptors (Lipinski definition) is 1. The maximum atomic E-state index is 13.8. The van der Waals surface area contributed by atoms with Gasteiger partial charge in [0.1, 0.15) is 5.67 Å². The summed E-state index contributed by atoms with van der Waals surface area (Å²) < 4.78 is 18.7. The molecule has 0 aromatic carbocycles. The highest BCUT2D eigenvalue weighted by Crippen LogP contribution is 2.36. The Kier molecular flexibility index (Phi) is 9.33. The third kappa shape index (κ3) is 7.78. The Labute approximate surface area is 95.4 Å². The first-order valence-electron chi connectivity index (χ1n) is 6.07. The third-order valence-electron chi connectivity index (χ3n) is 2.95. The maximum Gasteiger partial charge on any atom is 0.131 e. The Balaban J connectivity index is 0. The molecule has 0 spiro atoms. The molecule has 0 N–H and O–H groups in total. The quantitative estimate of drug-likeness (QED) is 0.635. The first-order valence-corrected chi connectivity index (χ1v) is 6.07. The maximum absolute atomic E-state index is 13.8. The topological polar surface area (TPSA) is 9.23 Å². The van der Waals surface area contributed by atoms with Crippen molar-refractivity contribution in [3.8, 4) is 0 Å². The standard InChI is InChI=1S/C11H23FO.C2H6/c1-6-10(3,7-2)8-11(4,12)9-13-5;1-2/h6-9H2,1-5H3;1-2H3. The molecule has 0 aliphatic carbocycles. The molecule has 0 fully saturated rings. The summed E-state index contributed by atoms with van der Waals surface area (Å²) in [5, 5.41) is 0. The molecule has 0 amide bonds. The SMILES string of the molecule is CC.CCC(C)(CC)CC(C)(F)COC. The van der Waals surface area contributed by atoms with Crippen molar-refractivity contribution in [2.45, 2.75) is 66.5 Å². The van der Waals surface area contributed by atoms with Gasteiger partial charge in [-0.3, -0.25) is 0 Å². The van der Waals surface area contributed by atoms with Crippen LogP contribution >= 0.6 is 0 Å². The van der Waals surface area contributed by atoms with E-state index >= 15 is 0 Å². The highest BCUT2D eigenvalue weighted by molar-refractivity contribution is 4.83. The van der Waals surface area contributed by atoms with E-state index < -0.39 is 5.67 Å². The van der Waals surface area contributed by atoms with Crippen molar-refractivity contribution in [2.24, 2.45) is 5.41 Å². The van der Waals surface area contributed by atoms with Crippen molar-refractivity contribution >= 4 is 0 Å². The van der Waals surface area contributed by atoms with Crippen LogP contribution in [0.3, 0.4) is 0 Å². The lowest BCUT2D eigenvalue weighted by Gasteiger charge is -2.33. The van der Waals surface area contributed by atoms with Gasteiger partial charge in [-0.15, -0.1) is 0 Å². The largest absolute Gasteiger partial charge is 0.381 e. The second kappa shape index (κ2) is 8.09. The Bertz CT molecular complexity index is 139. The number of hydrogen-bond donors (Lipinski definition) is 0. The minimum absolute atomic E-state index is 0.113. The van der Waals surface area contributed by atoms with Crippen molar-refractivity contribution in [3.05, 3.63) is 0 Å². The highest BCUT2D eigenvalue weighted by atomic mass is 19.1. The van der Waals surface area contributed by atoms with E-state index in [2.05, 4.69) is 20.8 Å². The van der Waals surface area contributed by atoms with E-state index in [1.54, 1.807) is 14.0 Å². The molecule has 0 aromatic heterocycles. The van der Waals surface area contributed by atoms with Crippen molar-refractivity contribution < 1.29 is 9.13 Å². The minimum atomic E-state index is -1.18. The molecule has 1 atom stereocenters. The summed E-state index contributed by atoms with van der Waals surface area (Å²) in [6, 6.07) is 0. The Morgan fingerprint density at radius 1 is 1.07 bits per heavy atom. The first-order chi connectivity index (χ1) is 6.89. The van der Waals surface area contributed by atoms with Crippen LogP contribution < -0.4 is 0 Å². The molecule has 1 nitrogen and oxygen atoms in total. The molecule has 0 saturated heterocycles. The van der Waals surface area contributed by atoms with Gasteiger partial charge in [0.2, 0.25) is 0 Å². The second-order valence-electron chi connectivity index (χ2n) is 4.54. The van der Waals surface area contributed by atoms with Gasteiger partial charge in [-0.25, -0.2) is 4.39 Å². The van der Waals surface area contributed by atoms with Gasteiger partial charge in [0, 0.05) is 7.11 Å². The van der Waals surface area contributed by atoms with Crippen LogP contribution in [0.5, 0.6) is 0 Å². The zero-order chi connectivity index (χ0) is 12.5. The summed E-state index contributed by atoms with van der Waals surface area (Å²) in [4.78, 5) is 0. The van der Waals surface area contributed by atoms with Crippen molar-refractivity contribution in [1.82, 2.24) is 0 Å². The summed E-state index contributed by atoms with van der Waals surface area (Å²) in [6.07, 6.45) is 2.63. The minimum Gasteiger partial charge on any atom is -0.381 e. The van der Waals surface area contributed by atoms with Crippen LogP contribution in [0.4, 0.5) is 4.39 Å². The van der Waals surface area contributed by atoms with Crippen LogP contribution in [-0.2, 0) is 4.74 Å². The van der Waals surface area contributed by atoms with E-state index in [4.69, 9.17) is 4.74 Å². The van der Waals surface area contributed by atoms with E-state index in [1.807, 2.05) is 13.8 Å². The van der Waals surface area contributed by atoms with Crippen LogP contribution in [0.1, 0.15) is 60.8 Å². The average molecular weight is 220 g/mol. The summed E-state index contributed by atoms with van der Waals surface area (Å²) in [5.74, 6) is 0. The summed E-state index contributed by atoms with van der Waals surface area (Å²) in [5.41, 5.74) is -1.07. The Morgan fingerprint density at radius 3 is 1.73 bits per heavy atom. The number of ether oxygens (including phenoxy) is 1. The number of alkyl halides is 1. The van der Waals surface area contributed by atoms with E-state index in [-0.39, 0.29) is 12.0 Å². The molecule has 94 valence electrons. The van der Waals surface area contributed by atoms with Gasteiger partial charge < -0.3 is 4.74 Å². The predicted octanol–water partition coefficient (Wildman–Crippen LogP) is 4.60. The molecule has 0 bridgehead atoms. The molecule has 2 heteroatoms. The van der Waals surface area contributed by atoms with Gasteiger partial charge in [0.05, 0.1) is 6.61 Å². The number of methoxy groups -OCH3 is 1. The van der Waals surface area contributed by atoms with Crippen LogP contribution in [0.25, 0.3) is 0 Å². The lowest BCUT2D eigenvalue weighted by Crippen LogP contribution is -2.32. The zero-order valence-corrected chi connectivity index (χ0v) is 11.6. The fourth-order valence-electron chi connectivity index (χ4n) is 1.74. The number of rotatable bonds is 6. The van der Waals surface area contributed by atoms with Crippen molar-refractivity contribution in [1.29, 1.82) is 0 Å².